The van der Waals surface area contributed by atoms with Crippen LogP contribution in [-0.2, 0) is 9.84 Å². The molecule has 98 valence electrons. The zero-order chi connectivity index (χ0) is 13.3. The summed E-state index contributed by atoms with van der Waals surface area (Å²) < 4.78 is 22.8. The molecule has 0 saturated carbocycles. The highest BCUT2D eigenvalue weighted by Crippen LogP contribution is 2.18. The average Bonchev–Trinajstić information content (AvgIpc) is 2.68. The SMILES string of the molecule is CN(C(=O)c1cccc(N)n1)C1CCS(=O)(=O)C1. The lowest BCUT2D eigenvalue weighted by atomic mass is 10.2. The molecule has 0 aliphatic carbocycles. The van der Waals surface area contributed by atoms with Crippen LogP contribution in [0.5, 0.6) is 0 Å². The van der Waals surface area contributed by atoms with E-state index in [1.54, 1.807) is 25.2 Å². The molecular weight excluding hydrogens is 254 g/mol. The van der Waals surface area contributed by atoms with Gasteiger partial charge in [0.1, 0.15) is 11.5 Å². The van der Waals surface area contributed by atoms with E-state index in [1.165, 1.54) is 4.90 Å². The lowest BCUT2D eigenvalue weighted by Crippen LogP contribution is -2.38. The van der Waals surface area contributed by atoms with E-state index in [2.05, 4.69) is 4.98 Å². The van der Waals surface area contributed by atoms with Crippen LogP contribution in [0.25, 0.3) is 0 Å². The summed E-state index contributed by atoms with van der Waals surface area (Å²) in [5.74, 6) is 0.134. The second-order valence-electron chi connectivity index (χ2n) is 4.42. The number of nitrogens with two attached hydrogens (primary N) is 1. The largest absolute Gasteiger partial charge is 0.384 e. The lowest BCUT2D eigenvalue weighted by molar-refractivity contribution is 0.0742. The molecule has 2 heterocycles. The van der Waals surface area contributed by atoms with Gasteiger partial charge in [-0.3, -0.25) is 4.79 Å². The molecule has 0 aromatic carbocycles. The quantitative estimate of drug-likeness (QED) is 0.810. The van der Waals surface area contributed by atoms with Gasteiger partial charge in [0.25, 0.3) is 5.91 Å². The van der Waals surface area contributed by atoms with Crippen molar-refractivity contribution in [3.63, 3.8) is 0 Å². The number of nitrogen functional groups attached to an aromatic ring is 1. The van der Waals surface area contributed by atoms with Gasteiger partial charge in [-0.25, -0.2) is 13.4 Å². The van der Waals surface area contributed by atoms with E-state index >= 15 is 0 Å². The normalized spacial score (nSPS) is 21.7. The topological polar surface area (TPSA) is 93.4 Å². The summed E-state index contributed by atoms with van der Waals surface area (Å²) in [4.78, 5) is 17.5. The van der Waals surface area contributed by atoms with E-state index in [0.29, 0.717) is 6.42 Å². The molecule has 1 atom stereocenters. The molecule has 6 nitrogen and oxygen atoms in total. The van der Waals surface area contributed by atoms with Gasteiger partial charge in [0, 0.05) is 13.1 Å². The van der Waals surface area contributed by atoms with Crippen molar-refractivity contribution in [3.05, 3.63) is 23.9 Å². The minimum absolute atomic E-state index is 0.0254. The lowest BCUT2D eigenvalue weighted by Gasteiger charge is -2.22. The molecule has 1 saturated heterocycles. The third-order valence-electron chi connectivity index (χ3n) is 3.07. The molecule has 1 aromatic heterocycles. The molecular formula is C11H15N3O3S. The number of hydrogen-bond donors (Lipinski definition) is 1. The van der Waals surface area contributed by atoms with Gasteiger partial charge < -0.3 is 10.6 Å². The zero-order valence-corrected chi connectivity index (χ0v) is 10.9. The molecule has 1 unspecified atom stereocenters. The predicted molar refractivity (Wildman–Crippen MR) is 67.8 cm³/mol. The fourth-order valence-electron chi connectivity index (χ4n) is 2.00. The third kappa shape index (κ3) is 2.61. The van der Waals surface area contributed by atoms with E-state index in [9.17, 15) is 13.2 Å². The fraction of sp³-hybridized carbons (Fsp3) is 0.455. The molecule has 18 heavy (non-hydrogen) atoms. The number of anilines is 1. The van der Waals surface area contributed by atoms with E-state index in [1.807, 2.05) is 0 Å². The van der Waals surface area contributed by atoms with Gasteiger partial charge in [0.15, 0.2) is 9.84 Å². The predicted octanol–water partition coefficient (Wildman–Crippen LogP) is -0.0771. The minimum atomic E-state index is -3.00. The van der Waals surface area contributed by atoms with Crippen molar-refractivity contribution in [2.45, 2.75) is 12.5 Å². The van der Waals surface area contributed by atoms with E-state index in [-0.39, 0.29) is 35.0 Å². The van der Waals surface area contributed by atoms with Crippen molar-refractivity contribution < 1.29 is 13.2 Å². The molecule has 2 N–H and O–H groups in total. The van der Waals surface area contributed by atoms with Crippen molar-refractivity contribution in [1.29, 1.82) is 0 Å². The maximum atomic E-state index is 12.1. The van der Waals surface area contributed by atoms with Crippen LogP contribution < -0.4 is 5.73 Å². The monoisotopic (exact) mass is 269 g/mol. The first-order chi connectivity index (χ1) is 8.39. The van der Waals surface area contributed by atoms with Gasteiger partial charge in [-0.05, 0) is 18.6 Å². The maximum Gasteiger partial charge on any atom is 0.272 e. The molecule has 1 amide bonds. The molecule has 0 radical (unpaired) electrons. The summed E-state index contributed by atoms with van der Waals surface area (Å²) >= 11 is 0. The summed E-state index contributed by atoms with van der Waals surface area (Å²) in [5, 5.41) is 0. The highest BCUT2D eigenvalue weighted by molar-refractivity contribution is 7.91. The average molecular weight is 269 g/mol. The highest BCUT2D eigenvalue weighted by Gasteiger charge is 2.33. The standard InChI is InChI=1S/C11H15N3O3S/c1-14(8-5-6-18(16,17)7-8)11(15)9-3-2-4-10(12)13-9/h2-4,8H,5-7H2,1H3,(H2,12,13). The van der Waals surface area contributed by atoms with Gasteiger partial charge in [0.05, 0.1) is 11.5 Å². The summed E-state index contributed by atoms with van der Waals surface area (Å²) in [7, 11) is -1.41. The van der Waals surface area contributed by atoms with Crippen LogP contribution in [0, 0.1) is 0 Å². The number of carbonyl (C=O) groups is 1. The van der Waals surface area contributed by atoms with Crippen molar-refractivity contribution in [3.8, 4) is 0 Å². The van der Waals surface area contributed by atoms with Crippen LogP contribution in [0.3, 0.4) is 0 Å². The number of rotatable bonds is 2. The summed E-state index contributed by atoms with van der Waals surface area (Å²) in [6.45, 7) is 0. The number of aromatic nitrogens is 1. The highest BCUT2D eigenvalue weighted by atomic mass is 32.2. The van der Waals surface area contributed by atoms with Crippen LogP contribution in [0.1, 0.15) is 16.9 Å². The van der Waals surface area contributed by atoms with Crippen LogP contribution in [0.4, 0.5) is 5.82 Å². The van der Waals surface area contributed by atoms with Crippen molar-refractivity contribution in [1.82, 2.24) is 9.88 Å². The van der Waals surface area contributed by atoms with Gasteiger partial charge in [-0.1, -0.05) is 6.07 Å². The molecule has 0 bridgehead atoms. The molecule has 1 aliphatic rings. The van der Waals surface area contributed by atoms with Crippen LogP contribution in [-0.4, -0.2) is 48.8 Å². The summed E-state index contributed by atoms with van der Waals surface area (Å²) in [6, 6.07) is 4.54. The third-order valence-corrected chi connectivity index (χ3v) is 4.82. The Hall–Kier alpha value is -1.63. The number of hydrogen-bond acceptors (Lipinski definition) is 5. The van der Waals surface area contributed by atoms with Gasteiger partial charge in [-0.2, -0.15) is 0 Å². The Balaban J connectivity index is 2.15. The Labute approximate surface area is 106 Å². The Morgan fingerprint density at radius 3 is 2.78 bits per heavy atom. The Morgan fingerprint density at radius 2 is 2.22 bits per heavy atom. The zero-order valence-electron chi connectivity index (χ0n) is 10.0. The van der Waals surface area contributed by atoms with Gasteiger partial charge in [-0.15, -0.1) is 0 Å². The number of amides is 1. The Morgan fingerprint density at radius 1 is 1.50 bits per heavy atom. The van der Waals surface area contributed by atoms with Gasteiger partial charge >= 0.3 is 0 Å². The molecule has 2 rings (SSSR count). The van der Waals surface area contributed by atoms with Crippen molar-refractivity contribution in [2.75, 3.05) is 24.3 Å². The fourth-order valence-corrected chi connectivity index (χ4v) is 3.77. The van der Waals surface area contributed by atoms with Crippen LogP contribution >= 0.6 is 0 Å². The number of nitrogens with zero attached hydrogens (tertiary/aromatic N) is 2. The number of pyridine rings is 1. The summed E-state index contributed by atoms with van der Waals surface area (Å²) in [6.07, 6.45) is 0.479. The summed E-state index contributed by atoms with van der Waals surface area (Å²) in [5.41, 5.74) is 5.75. The minimum Gasteiger partial charge on any atom is -0.384 e. The number of carbonyl (C=O) groups excluding carboxylic acids is 1. The van der Waals surface area contributed by atoms with E-state index in [4.69, 9.17) is 5.73 Å². The van der Waals surface area contributed by atoms with Crippen molar-refractivity contribution >= 4 is 21.6 Å². The first kappa shape index (κ1) is 12.8. The molecule has 0 spiro atoms. The second-order valence-corrected chi connectivity index (χ2v) is 6.65. The van der Waals surface area contributed by atoms with Gasteiger partial charge in [0.2, 0.25) is 0 Å². The Kier molecular flexibility index (Phi) is 3.25. The van der Waals surface area contributed by atoms with E-state index < -0.39 is 9.84 Å². The first-order valence-corrected chi connectivity index (χ1v) is 7.41. The Bertz CT molecular complexity index is 571. The maximum absolute atomic E-state index is 12.1. The molecule has 1 aliphatic heterocycles. The molecule has 1 fully saturated rings. The van der Waals surface area contributed by atoms with Crippen LogP contribution in [0.15, 0.2) is 18.2 Å². The molecule has 7 heteroatoms. The second kappa shape index (κ2) is 4.56. The first-order valence-electron chi connectivity index (χ1n) is 5.59. The number of sulfone groups is 1. The van der Waals surface area contributed by atoms with Crippen LogP contribution in [0.2, 0.25) is 0 Å². The van der Waals surface area contributed by atoms with Crippen molar-refractivity contribution in [2.24, 2.45) is 0 Å². The van der Waals surface area contributed by atoms with E-state index in [0.717, 1.165) is 0 Å². The smallest absolute Gasteiger partial charge is 0.272 e. The molecule has 1 aromatic rings.